The number of fused-ring (bicyclic) bond motifs is 2. The first-order valence-electron chi connectivity index (χ1n) is 8.98. The molecule has 2 aromatic rings. The van der Waals surface area contributed by atoms with Gasteiger partial charge in [0.2, 0.25) is 12.3 Å². The molecule has 1 aromatic carbocycles. The first-order valence-corrected chi connectivity index (χ1v) is 8.98. The highest BCUT2D eigenvalue weighted by Crippen LogP contribution is 2.49. The van der Waals surface area contributed by atoms with Crippen molar-refractivity contribution in [3.05, 3.63) is 30.7 Å². The topological polar surface area (TPSA) is 77.2 Å². The summed E-state index contributed by atoms with van der Waals surface area (Å²) >= 11 is 0. The number of amides is 1. The van der Waals surface area contributed by atoms with Gasteiger partial charge in [0.15, 0.2) is 6.61 Å². The van der Waals surface area contributed by atoms with Crippen molar-refractivity contribution in [3.63, 3.8) is 0 Å². The lowest BCUT2D eigenvalue weighted by Crippen LogP contribution is -2.42. The van der Waals surface area contributed by atoms with E-state index in [1.165, 1.54) is 32.1 Å². The second-order valence-electron chi connectivity index (χ2n) is 7.25. The van der Waals surface area contributed by atoms with Crippen molar-refractivity contribution in [2.24, 2.45) is 17.8 Å². The number of rotatable bonds is 6. The third kappa shape index (κ3) is 3.52. The molecule has 6 heteroatoms. The van der Waals surface area contributed by atoms with Crippen molar-refractivity contribution < 1.29 is 13.9 Å². The van der Waals surface area contributed by atoms with Crippen LogP contribution >= 0.6 is 0 Å². The Morgan fingerprint density at radius 2 is 2.16 bits per heavy atom. The smallest absolute Gasteiger partial charge is 0.258 e. The normalized spacial score (nSPS) is 25.7. The van der Waals surface area contributed by atoms with Crippen molar-refractivity contribution in [3.8, 4) is 17.2 Å². The van der Waals surface area contributed by atoms with Gasteiger partial charge in [-0.15, -0.1) is 10.2 Å². The summed E-state index contributed by atoms with van der Waals surface area (Å²) in [5, 5.41) is 10.6. The van der Waals surface area contributed by atoms with Crippen LogP contribution in [0.4, 0.5) is 0 Å². The number of hydrogen-bond donors (Lipinski definition) is 1. The number of carbonyl (C=O) groups is 1. The average Bonchev–Trinajstić information content (AvgIpc) is 3.37. The van der Waals surface area contributed by atoms with Crippen molar-refractivity contribution in [2.75, 3.05) is 6.61 Å². The van der Waals surface area contributed by atoms with Crippen LogP contribution < -0.4 is 10.1 Å². The molecule has 0 spiro atoms. The summed E-state index contributed by atoms with van der Waals surface area (Å²) in [5.41, 5.74) is 0.819. The molecule has 2 bridgehead atoms. The lowest BCUT2D eigenvalue weighted by Gasteiger charge is -2.28. The van der Waals surface area contributed by atoms with Crippen LogP contribution in [0.15, 0.2) is 35.1 Å². The van der Waals surface area contributed by atoms with E-state index in [9.17, 15) is 4.79 Å². The molecule has 0 unspecified atom stereocenters. The van der Waals surface area contributed by atoms with E-state index in [0.29, 0.717) is 17.6 Å². The fourth-order valence-corrected chi connectivity index (χ4v) is 4.45. The van der Waals surface area contributed by atoms with Gasteiger partial charge in [0.1, 0.15) is 5.75 Å². The highest BCUT2D eigenvalue weighted by atomic mass is 16.5. The van der Waals surface area contributed by atoms with E-state index in [0.717, 1.165) is 17.4 Å². The number of aromatic nitrogens is 2. The summed E-state index contributed by atoms with van der Waals surface area (Å²) < 4.78 is 10.7. The fourth-order valence-electron chi connectivity index (χ4n) is 4.45. The van der Waals surface area contributed by atoms with E-state index in [1.807, 2.05) is 12.1 Å². The summed E-state index contributed by atoms with van der Waals surface area (Å²) in [4.78, 5) is 12.2. The van der Waals surface area contributed by atoms with E-state index < -0.39 is 0 Å². The van der Waals surface area contributed by atoms with E-state index in [1.54, 1.807) is 12.1 Å². The number of benzene rings is 1. The van der Waals surface area contributed by atoms with E-state index in [-0.39, 0.29) is 18.6 Å². The molecule has 1 heterocycles. The standard InChI is InChI=1S/C19H23N3O3/c1-12(17-9-13-2-3-15(17)8-13)21-18(23)10-24-16-6-4-14(5-7-16)19-22-20-11-25-19/h4-7,11-13,15,17H,2-3,8-10H2,1H3,(H,21,23)/t12-,13+,15+,17+/m1/s1. The summed E-state index contributed by atoms with van der Waals surface area (Å²) in [6.45, 7) is 2.16. The molecule has 1 amide bonds. The Hall–Kier alpha value is -2.37. The van der Waals surface area contributed by atoms with Crippen molar-refractivity contribution in [1.29, 1.82) is 0 Å². The van der Waals surface area contributed by atoms with Crippen LogP contribution in [0.2, 0.25) is 0 Å². The Morgan fingerprint density at radius 3 is 2.80 bits per heavy atom. The van der Waals surface area contributed by atoms with Gasteiger partial charge in [-0.25, -0.2) is 0 Å². The van der Waals surface area contributed by atoms with Crippen LogP contribution in [0.3, 0.4) is 0 Å². The zero-order chi connectivity index (χ0) is 17.2. The first kappa shape index (κ1) is 16.1. The Labute approximate surface area is 147 Å². The lowest BCUT2D eigenvalue weighted by molar-refractivity contribution is -0.124. The lowest BCUT2D eigenvalue weighted by atomic mass is 9.84. The molecule has 132 valence electrons. The van der Waals surface area contributed by atoms with Gasteiger partial charge in [0.05, 0.1) is 0 Å². The molecule has 4 rings (SSSR count). The Balaban J connectivity index is 1.26. The average molecular weight is 341 g/mol. The van der Waals surface area contributed by atoms with Gasteiger partial charge in [0.25, 0.3) is 5.91 Å². The second kappa shape index (κ2) is 6.86. The monoisotopic (exact) mass is 341 g/mol. The van der Waals surface area contributed by atoms with E-state index in [2.05, 4.69) is 22.4 Å². The molecule has 2 fully saturated rings. The van der Waals surface area contributed by atoms with Gasteiger partial charge in [0, 0.05) is 11.6 Å². The molecule has 0 aliphatic heterocycles. The molecular formula is C19H23N3O3. The first-order chi connectivity index (χ1) is 12.2. The number of nitrogens with one attached hydrogen (secondary N) is 1. The third-order valence-electron chi connectivity index (χ3n) is 5.65. The largest absolute Gasteiger partial charge is 0.484 e. The zero-order valence-electron chi connectivity index (χ0n) is 14.4. The summed E-state index contributed by atoms with van der Waals surface area (Å²) in [6.07, 6.45) is 6.63. The molecule has 0 saturated heterocycles. The maximum atomic E-state index is 12.2. The van der Waals surface area contributed by atoms with Gasteiger partial charge in [-0.3, -0.25) is 4.79 Å². The number of hydrogen-bond acceptors (Lipinski definition) is 5. The predicted molar refractivity (Wildman–Crippen MR) is 91.8 cm³/mol. The summed E-state index contributed by atoms with van der Waals surface area (Å²) in [7, 11) is 0. The van der Waals surface area contributed by atoms with Crippen LogP contribution in [0.5, 0.6) is 5.75 Å². The molecule has 4 atom stereocenters. The van der Waals surface area contributed by atoms with Gasteiger partial charge < -0.3 is 14.5 Å². The fraction of sp³-hybridized carbons (Fsp3) is 0.526. The van der Waals surface area contributed by atoms with Crippen LogP contribution in [0, 0.1) is 17.8 Å². The molecule has 2 saturated carbocycles. The highest BCUT2D eigenvalue weighted by molar-refractivity contribution is 5.77. The molecule has 2 aliphatic rings. The van der Waals surface area contributed by atoms with Gasteiger partial charge in [-0.1, -0.05) is 6.42 Å². The molecule has 1 aromatic heterocycles. The number of ether oxygens (including phenoxy) is 1. The molecular weight excluding hydrogens is 318 g/mol. The van der Waals surface area contributed by atoms with Crippen molar-refractivity contribution in [1.82, 2.24) is 15.5 Å². The second-order valence-corrected chi connectivity index (χ2v) is 7.25. The van der Waals surface area contributed by atoms with Crippen molar-refractivity contribution >= 4 is 5.91 Å². The van der Waals surface area contributed by atoms with Crippen LogP contribution in [0.25, 0.3) is 11.5 Å². The summed E-state index contributed by atoms with van der Waals surface area (Å²) in [5.74, 6) is 3.38. The number of nitrogens with zero attached hydrogens (tertiary/aromatic N) is 2. The molecule has 1 N–H and O–H groups in total. The number of carbonyl (C=O) groups excluding carboxylic acids is 1. The molecule has 0 radical (unpaired) electrons. The zero-order valence-corrected chi connectivity index (χ0v) is 14.4. The maximum absolute atomic E-state index is 12.2. The molecule has 25 heavy (non-hydrogen) atoms. The Morgan fingerprint density at radius 1 is 1.32 bits per heavy atom. The van der Waals surface area contributed by atoms with Gasteiger partial charge >= 0.3 is 0 Å². The van der Waals surface area contributed by atoms with Crippen molar-refractivity contribution in [2.45, 2.75) is 38.6 Å². The minimum atomic E-state index is -0.0590. The summed E-state index contributed by atoms with van der Waals surface area (Å²) in [6, 6.07) is 7.49. The van der Waals surface area contributed by atoms with Gasteiger partial charge in [-0.2, -0.15) is 0 Å². The van der Waals surface area contributed by atoms with Gasteiger partial charge in [-0.05, 0) is 68.2 Å². The van der Waals surface area contributed by atoms with E-state index in [4.69, 9.17) is 9.15 Å². The van der Waals surface area contributed by atoms with E-state index >= 15 is 0 Å². The highest BCUT2D eigenvalue weighted by Gasteiger charge is 2.42. The minimum Gasteiger partial charge on any atom is -0.484 e. The minimum absolute atomic E-state index is 0.0328. The Kier molecular flexibility index (Phi) is 4.42. The maximum Gasteiger partial charge on any atom is 0.258 e. The quantitative estimate of drug-likeness (QED) is 0.874. The Bertz CT molecular complexity index is 714. The van der Waals surface area contributed by atoms with Crippen LogP contribution in [0.1, 0.15) is 32.6 Å². The van der Waals surface area contributed by atoms with Crippen LogP contribution in [-0.4, -0.2) is 28.8 Å². The third-order valence-corrected chi connectivity index (χ3v) is 5.65. The molecule has 6 nitrogen and oxygen atoms in total. The predicted octanol–water partition coefficient (Wildman–Crippen LogP) is 3.06. The molecule has 2 aliphatic carbocycles. The van der Waals surface area contributed by atoms with Crippen LogP contribution in [-0.2, 0) is 4.79 Å². The SMILES string of the molecule is C[C@@H](NC(=O)COc1ccc(-c2nnco2)cc1)[C@@H]1C[C@H]2CC[C@H]1C2.